The average molecular weight is 361 g/mol. The number of thiazole rings is 1. The lowest BCUT2D eigenvalue weighted by Crippen LogP contribution is -2.57. The standard InChI is InChI=1S/C18H20FN3O2S/c1-3-4-14-16(23)20-9-10-22(14)18(24)15-11(2)21-17(25-15)12-5-7-13(19)8-6-12/h5-8,14H,3-4,9-10H2,1-2H3,(H,20,23). The first kappa shape index (κ1) is 17.5. The summed E-state index contributed by atoms with van der Waals surface area (Å²) in [5, 5.41) is 3.50. The molecule has 0 spiro atoms. The predicted molar refractivity (Wildman–Crippen MR) is 95.0 cm³/mol. The molecule has 7 heteroatoms. The Kier molecular flexibility index (Phi) is 5.13. The number of benzene rings is 1. The Labute approximate surface area is 149 Å². The molecule has 3 rings (SSSR count). The summed E-state index contributed by atoms with van der Waals surface area (Å²) in [6.45, 7) is 4.75. The van der Waals surface area contributed by atoms with Gasteiger partial charge in [0.15, 0.2) is 0 Å². The van der Waals surface area contributed by atoms with Crippen molar-refractivity contribution in [1.82, 2.24) is 15.2 Å². The quantitative estimate of drug-likeness (QED) is 0.911. The zero-order chi connectivity index (χ0) is 18.0. The van der Waals surface area contributed by atoms with E-state index in [0.29, 0.717) is 35.1 Å². The number of aromatic nitrogens is 1. The molecule has 2 heterocycles. The minimum atomic E-state index is -0.429. The van der Waals surface area contributed by atoms with Crippen LogP contribution in [0.25, 0.3) is 10.6 Å². The van der Waals surface area contributed by atoms with Crippen LogP contribution in [0.15, 0.2) is 24.3 Å². The number of nitrogens with one attached hydrogen (secondary N) is 1. The maximum Gasteiger partial charge on any atom is 0.266 e. The molecule has 0 bridgehead atoms. The van der Waals surface area contributed by atoms with Crippen molar-refractivity contribution in [3.05, 3.63) is 40.7 Å². The van der Waals surface area contributed by atoms with Crippen LogP contribution in [0.1, 0.15) is 35.1 Å². The lowest BCUT2D eigenvalue weighted by molar-refractivity contribution is -0.128. The summed E-state index contributed by atoms with van der Waals surface area (Å²) in [4.78, 5) is 31.8. The van der Waals surface area contributed by atoms with Crippen molar-refractivity contribution >= 4 is 23.2 Å². The van der Waals surface area contributed by atoms with E-state index in [1.54, 1.807) is 24.0 Å². The topological polar surface area (TPSA) is 62.3 Å². The van der Waals surface area contributed by atoms with E-state index in [9.17, 15) is 14.0 Å². The van der Waals surface area contributed by atoms with Crippen molar-refractivity contribution in [1.29, 1.82) is 0 Å². The Morgan fingerprint density at radius 1 is 1.40 bits per heavy atom. The summed E-state index contributed by atoms with van der Waals surface area (Å²) < 4.78 is 13.1. The summed E-state index contributed by atoms with van der Waals surface area (Å²) in [5.41, 5.74) is 1.41. The average Bonchev–Trinajstić information content (AvgIpc) is 2.98. The molecule has 1 aromatic carbocycles. The number of hydrogen-bond acceptors (Lipinski definition) is 4. The first-order chi connectivity index (χ1) is 12.0. The van der Waals surface area contributed by atoms with Crippen LogP contribution in [-0.4, -0.2) is 40.8 Å². The number of amides is 2. The zero-order valence-corrected chi connectivity index (χ0v) is 15.0. The van der Waals surface area contributed by atoms with Gasteiger partial charge >= 0.3 is 0 Å². The SMILES string of the molecule is CCCC1C(=O)NCCN1C(=O)c1sc(-c2ccc(F)cc2)nc1C. The van der Waals surface area contributed by atoms with Gasteiger partial charge in [0.05, 0.1) is 5.69 Å². The van der Waals surface area contributed by atoms with Gasteiger partial charge in [0.2, 0.25) is 5.91 Å². The highest BCUT2D eigenvalue weighted by Gasteiger charge is 2.34. The Bertz CT molecular complexity index is 788. The molecule has 1 aromatic heterocycles. The number of piperazine rings is 1. The van der Waals surface area contributed by atoms with Crippen molar-refractivity contribution in [2.75, 3.05) is 13.1 Å². The molecule has 132 valence electrons. The van der Waals surface area contributed by atoms with E-state index < -0.39 is 6.04 Å². The van der Waals surface area contributed by atoms with E-state index in [4.69, 9.17) is 0 Å². The third-order valence-electron chi connectivity index (χ3n) is 4.24. The maximum atomic E-state index is 13.1. The molecule has 1 atom stereocenters. The number of carbonyl (C=O) groups is 2. The number of rotatable bonds is 4. The second kappa shape index (κ2) is 7.31. The molecule has 2 aromatic rings. The van der Waals surface area contributed by atoms with Crippen LogP contribution in [0, 0.1) is 12.7 Å². The maximum absolute atomic E-state index is 13.1. The summed E-state index contributed by atoms with van der Waals surface area (Å²) in [6.07, 6.45) is 1.46. The highest BCUT2D eigenvalue weighted by atomic mass is 32.1. The van der Waals surface area contributed by atoms with Crippen LogP contribution in [0.5, 0.6) is 0 Å². The number of halogens is 1. The van der Waals surface area contributed by atoms with Gasteiger partial charge in [-0.1, -0.05) is 13.3 Å². The third kappa shape index (κ3) is 3.56. The second-order valence-corrected chi connectivity index (χ2v) is 7.03. The molecule has 1 saturated heterocycles. The van der Waals surface area contributed by atoms with E-state index in [1.165, 1.54) is 23.5 Å². The minimum absolute atomic E-state index is 0.0950. The Morgan fingerprint density at radius 3 is 2.80 bits per heavy atom. The van der Waals surface area contributed by atoms with Gasteiger partial charge in [0.1, 0.15) is 21.7 Å². The van der Waals surface area contributed by atoms with Crippen molar-refractivity contribution in [2.45, 2.75) is 32.7 Å². The molecule has 2 amide bonds. The largest absolute Gasteiger partial charge is 0.353 e. The lowest BCUT2D eigenvalue weighted by Gasteiger charge is -2.34. The van der Waals surface area contributed by atoms with Gasteiger partial charge in [-0.05, 0) is 37.6 Å². The molecule has 0 radical (unpaired) electrons. The fourth-order valence-electron chi connectivity index (χ4n) is 2.96. The molecule has 0 saturated carbocycles. The molecular weight excluding hydrogens is 341 g/mol. The lowest BCUT2D eigenvalue weighted by atomic mass is 10.1. The zero-order valence-electron chi connectivity index (χ0n) is 14.2. The van der Waals surface area contributed by atoms with Crippen LogP contribution in [0.3, 0.4) is 0 Å². The van der Waals surface area contributed by atoms with Crippen molar-refractivity contribution in [2.24, 2.45) is 0 Å². The van der Waals surface area contributed by atoms with Crippen LogP contribution in [-0.2, 0) is 4.79 Å². The highest BCUT2D eigenvalue weighted by molar-refractivity contribution is 7.17. The molecule has 1 fully saturated rings. The molecule has 0 aliphatic carbocycles. The molecule has 1 aliphatic rings. The predicted octanol–water partition coefficient (Wildman–Crippen LogP) is 3.00. The van der Waals surface area contributed by atoms with Gasteiger partial charge in [-0.15, -0.1) is 11.3 Å². The van der Waals surface area contributed by atoms with Crippen LogP contribution in [0.4, 0.5) is 4.39 Å². The van der Waals surface area contributed by atoms with Crippen LogP contribution >= 0.6 is 11.3 Å². The van der Waals surface area contributed by atoms with Gasteiger partial charge in [-0.2, -0.15) is 0 Å². The van der Waals surface area contributed by atoms with Crippen molar-refractivity contribution in [3.63, 3.8) is 0 Å². The Morgan fingerprint density at radius 2 is 2.12 bits per heavy atom. The van der Waals surface area contributed by atoms with E-state index >= 15 is 0 Å². The van der Waals surface area contributed by atoms with E-state index in [1.807, 2.05) is 6.92 Å². The summed E-state index contributed by atoms with van der Waals surface area (Å²) in [7, 11) is 0. The van der Waals surface area contributed by atoms with Crippen LogP contribution in [0.2, 0.25) is 0 Å². The summed E-state index contributed by atoms with van der Waals surface area (Å²) in [5.74, 6) is -0.561. The van der Waals surface area contributed by atoms with E-state index in [0.717, 1.165) is 12.0 Å². The summed E-state index contributed by atoms with van der Waals surface area (Å²) >= 11 is 1.29. The van der Waals surface area contributed by atoms with Gasteiger partial charge in [-0.3, -0.25) is 9.59 Å². The Balaban J connectivity index is 1.89. The normalized spacial score (nSPS) is 17.5. The fourth-order valence-corrected chi connectivity index (χ4v) is 3.99. The second-order valence-electron chi connectivity index (χ2n) is 6.03. The first-order valence-electron chi connectivity index (χ1n) is 8.33. The van der Waals surface area contributed by atoms with E-state index in [2.05, 4.69) is 10.3 Å². The molecular formula is C18H20FN3O2S. The fraction of sp³-hybridized carbons (Fsp3) is 0.389. The smallest absolute Gasteiger partial charge is 0.266 e. The molecule has 1 aliphatic heterocycles. The number of carbonyl (C=O) groups excluding carboxylic acids is 2. The summed E-state index contributed by atoms with van der Waals surface area (Å²) in [6, 6.07) is 5.62. The van der Waals surface area contributed by atoms with Crippen molar-refractivity contribution in [3.8, 4) is 10.6 Å². The molecule has 1 N–H and O–H groups in total. The number of aryl methyl sites for hydroxylation is 1. The van der Waals surface area contributed by atoms with E-state index in [-0.39, 0.29) is 17.6 Å². The first-order valence-corrected chi connectivity index (χ1v) is 9.15. The Hall–Kier alpha value is -2.28. The van der Waals surface area contributed by atoms with Gasteiger partial charge in [0.25, 0.3) is 5.91 Å². The van der Waals surface area contributed by atoms with Gasteiger partial charge in [-0.25, -0.2) is 9.37 Å². The van der Waals surface area contributed by atoms with Gasteiger partial charge < -0.3 is 10.2 Å². The van der Waals surface area contributed by atoms with Crippen LogP contribution < -0.4 is 5.32 Å². The highest BCUT2D eigenvalue weighted by Crippen LogP contribution is 2.30. The van der Waals surface area contributed by atoms with Crippen molar-refractivity contribution < 1.29 is 14.0 Å². The van der Waals surface area contributed by atoms with Gasteiger partial charge in [0, 0.05) is 18.7 Å². The molecule has 1 unspecified atom stereocenters. The number of nitrogens with zero attached hydrogens (tertiary/aromatic N) is 2. The third-order valence-corrected chi connectivity index (χ3v) is 5.43. The minimum Gasteiger partial charge on any atom is -0.353 e. The monoisotopic (exact) mass is 361 g/mol. The molecule has 25 heavy (non-hydrogen) atoms. The number of hydrogen-bond donors (Lipinski definition) is 1. The molecule has 5 nitrogen and oxygen atoms in total.